The van der Waals surface area contributed by atoms with E-state index in [0.29, 0.717) is 0 Å². The maximum Gasteiger partial charge on any atom is 0.210 e. The second kappa shape index (κ2) is 4.98. The maximum atomic E-state index is 4.19. The van der Waals surface area contributed by atoms with Crippen molar-refractivity contribution in [3.8, 4) is 10.6 Å². The van der Waals surface area contributed by atoms with E-state index in [-0.39, 0.29) is 0 Å². The zero-order valence-corrected chi connectivity index (χ0v) is 10.4. The molecule has 0 bridgehead atoms. The molecule has 1 aromatic heterocycles. The average molecular weight is 253 g/mol. The van der Waals surface area contributed by atoms with E-state index >= 15 is 0 Å². The van der Waals surface area contributed by atoms with Crippen molar-refractivity contribution in [3.63, 3.8) is 0 Å². The van der Waals surface area contributed by atoms with Crippen LogP contribution < -0.4 is 5.32 Å². The van der Waals surface area contributed by atoms with Crippen LogP contribution in [0.25, 0.3) is 10.6 Å². The summed E-state index contributed by atoms with van der Waals surface area (Å²) < 4.78 is 0. The van der Waals surface area contributed by atoms with Crippen LogP contribution in [0.4, 0.5) is 10.8 Å². The van der Waals surface area contributed by atoms with Crippen LogP contribution in [-0.2, 0) is 0 Å². The Morgan fingerprint density at radius 1 is 0.778 bits per heavy atom. The van der Waals surface area contributed by atoms with Gasteiger partial charge >= 0.3 is 0 Å². The minimum atomic E-state index is 0.806. The lowest BCUT2D eigenvalue weighted by Crippen LogP contribution is -1.87. The summed E-state index contributed by atoms with van der Waals surface area (Å²) in [6.07, 6.45) is 0. The number of nitrogens with zero attached hydrogens (tertiary/aromatic N) is 2. The normalized spacial score (nSPS) is 10.2. The zero-order valence-electron chi connectivity index (χ0n) is 9.58. The Morgan fingerprint density at radius 3 is 2.17 bits per heavy atom. The summed E-state index contributed by atoms with van der Waals surface area (Å²) >= 11 is 1.55. The highest BCUT2D eigenvalue weighted by Gasteiger charge is 2.05. The Hall–Kier alpha value is -2.20. The molecule has 3 aromatic rings. The van der Waals surface area contributed by atoms with Crippen molar-refractivity contribution in [3.05, 3.63) is 60.7 Å². The minimum absolute atomic E-state index is 0.806. The molecule has 4 heteroatoms. The predicted octanol–water partition coefficient (Wildman–Crippen LogP) is 3.95. The fourth-order valence-corrected chi connectivity index (χ4v) is 2.39. The van der Waals surface area contributed by atoms with Crippen molar-refractivity contribution in [2.45, 2.75) is 0 Å². The monoisotopic (exact) mass is 253 g/mol. The fraction of sp³-hybridized carbons (Fsp3) is 0. The molecule has 0 unspecified atom stereocenters. The van der Waals surface area contributed by atoms with Gasteiger partial charge in [-0.2, -0.15) is 0 Å². The van der Waals surface area contributed by atoms with Gasteiger partial charge in [-0.25, -0.2) is 0 Å². The van der Waals surface area contributed by atoms with Crippen LogP contribution in [0.1, 0.15) is 0 Å². The van der Waals surface area contributed by atoms with Gasteiger partial charge in [0, 0.05) is 11.3 Å². The van der Waals surface area contributed by atoms with E-state index in [9.17, 15) is 0 Å². The van der Waals surface area contributed by atoms with Crippen LogP contribution in [0.2, 0.25) is 0 Å². The molecule has 3 rings (SSSR count). The van der Waals surface area contributed by atoms with Crippen LogP contribution in [0.3, 0.4) is 0 Å². The number of benzene rings is 2. The van der Waals surface area contributed by atoms with Crippen LogP contribution in [0, 0.1) is 0 Å². The molecular weight excluding hydrogens is 242 g/mol. The number of nitrogens with one attached hydrogen (secondary N) is 1. The summed E-state index contributed by atoms with van der Waals surface area (Å²) in [7, 11) is 0. The van der Waals surface area contributed by atoms with Crippen molar-refractivity contribution < 1.29 is 0 Å². The molecule has 18 heavy (non-hydrogen) atoms. The van der Waals surface area contributed by atoms with Gasteiger partial charge in [0.15, 0.2) is 0 Å². The standard InChI is InChI=1S/C14H11N3S/c1-3-7-11(8-4-1)13-16-17-14(18-13)15-12-9-5-2-6-10-12/h1-10H,(H,15,17). The Morgan fingerprint density at radius 2 is 1.44 bits per heavy atom. The second-order valence-electron chi connectivity index (χ2n) is 3.77. The second-order valence-corrected chi connectivity index (χ2v) is 4.75. The molecule has 0 radical (unpaired) electrons. The van der Waals surface area contributed by atoms with E-state index in [4.69, 9.17) is 0 Å². The molecule has 0 aliphatic heterocycles. The molecule has 0 atom stereocenters. The molecule has 1 heterocycles. The first-order valence-electron chi connectivity index (χ1n) is 5.63. The molecule has 3 nitrogen and oxygen atoms in total. The quantitative estimate of drug-likeness (QED) is 0.768. The van der Waals surface area contributed by atoms with Crippen LogP contribution in [-0.4, -0.2) is 10.2 Å². The Labute approximate surface area is 109 Å². The van der Waals surface area contributed by atoms with Crippen molar-refractivity contribution in [2.75, 3.05) is 5.32 Å². The van der Waals surface area contributed by atoms with Crippen molar-refractivity contribution in [2.24, 2.45) is 0 Å². The lowest BCUT2D eigenvalue weighted by atomic mass is 10.2. The molecule has 0 aliphatic carbocycles. The molecule has 1 N–H and O–H groups in total. The van der Waals surface area contributed by atoms with Crippen LogP contribution in [0.5, 0.6) is 0 Å². The van der Waals surface area contributed by atoms with E-state index in [2.05, 4.69) is 15.5 Å². The average Bonchev–Trinajstić information content (AvgIpc) is 2.89. The lowest BCUT2D eigenvalue weighted by Gasteiger charge is -1.99. The van der Waals surface area contributed by atoms with Crippen molar-refractivity contribution in [1.82, 2.24) is 10.2 Å². The zero-order chi connectivity index (χ0) is 12.2. The molecule has 0 saturated heterocycles. The van der Waals surface area contributed by atoms with Crippen molar-refractivity contribution >= 4 is 22.2 Å². The van der Waals surface area contributed by atoms with Gasteiger partial charge < -0.3 is 5.32 Å². The van der Waals surface area contributed by atoms with Gasteiger partial charge in [0.2, 0.25) is 5.13 Å². The molecule has 0 fully saturated rings. The third kappa shape index (κ3) is 2.38. The van der Waals surface area contributed by atoms with Gasteiger partial charge in [0.1, 0.15) is 5.01 Å². The largest absolute Gasteiger partial charge is 0.330 e. The smallest absolute Gasteiger partial charge is 0.210 e. The van der Waals surface area contributed by atoms with E-state index in [1.807, 2.05) is 60.7 Å². The number of aromatic nitrogens is 2. The first-order chi connectivity index (χ1) is 8.92. The molecule has 0 spiro atoms. The van der Waals surface area contributed by atoms with E-state index in [1.165, 1.54) is 0 Å². The molecule has 0 amide bonds. The first-order valence-corrected chi connectivity index (χ1v) is 6.44. The molecule has 0 saturated carbocycles. The fourth-order valence-electron chi connectivity index (χ4n) is 1.62. The summed E-state index contributed by atoms with van der Waals surface area (Å²) in [4.78, 5) is 0. The highest BCUT2D eigenvalue weighted by Crippen LogP contribution is 2.27. The number of para-hydroxylation sites is 1. The highest BCUT2D eigenvalue weighted by molar-refractivity contribution is 7.18. The molecule has 0 aliphatic rings. The Kier molecular flexibility index (Phi) is 3.02. The van der Waals surface area contributed by atoms with Gasteiger partial charge in [0.25, 0.3) is 0 Å². The first kappa shape index (κ1) is 10.9. The van der Waals surface area contributed by atoms with E-state index in [1.54, 1.807) is 11.3 Å². The van der Waals surface area contributed by atoms with Gasteiger partial charge in [-0.1, -0.05) is 59.9 Å². The molecule has 88 valence electrons. The summed E-state index contributed by atoms with van der Waals surface area (Å²) in [5.41, 5.74) is 2.12. The lowest BCUT2D eigenvalue weighted by molar-refractivity contribution is 1.10. The Bertz CT molecular complexity index is 620. The van der Waals surface area contributed by atoms with Gasteiger partial charge in [-0.05, 0) is 12.1 Å². The van der Waals surface area contributed by atoms with E-state index in [0.717, 1.165) is 21.4 Å². The number of hydrogen-bond donors (Lipinski definition) is 1. The third-order valence-corrected chi connectivity index (χ3v) is 3.36. The van der Waals surface area contributed by atoms with Gasteiger partial charge in [-0.15, -0.1) is 10.2 Å². The minimum Gasteiger partial charge on any atom is -0.330 e. The predicted molar refractivity (Wildman–Crippen MR) is 75.1 cm³/mol. The molecule has 2 aromatic carbocycles. The maximum absolute atomic E-state index is 4.19. The summed E-state index contributed by atoms with van der Waals surface area (Å²) in [5, 5.41) is 13.3. The molecular formula is C14H11N3S. The highest BCUT2D eigenvalue weighted by atomic mass is 32.1. The topological polar surface area (TPSA) is 37.8 Å². The summed E-state index contributed by atoms with van der Waals surface area (Å²) in [6.45, 7) is 0. The van der Waals surface area contributed by atoms with Gasteiger partial charge in [-0.3, -0.25) is 0 Å². The van der Waals surface area contributed by atoms with Crippen molar-refractivity contribution in [1.29, 1.82) is 0 Å². The van der Waals surface area contributed by atoms with Crippen LogP contribution in [0.15, 0.2) is 60.7 Å². The number of rotatable bonds is 3. The summed E-state index contributed by atoms with van der Waals surface area (Å²) in [5.74, 6) is 0. The van der Waals surface area contributed by atoms with Crippen LogP contribution >= 0.6 is 11.3 Å². The Balaban J connectivity index is 1.82. The van der Waals surface area contributed by atoms with E-state index < -0.39 is 0 Å². The third-order valence-electron chi connectivity index (χ3n) is 2.47. The summed E-state index contributed by atoms with van der Waals surface area (Å²) in [6, 6.07) is 20.0. The number of anilines is 2. The number of hydrogen-bond acceptors (Lipinski definition) is 4. The van der Waals surface area contributed by atoms with Gasteiger partial charge in [0.05, 0.1) is 0 Å². The SMILES string of the molecule is c1ccc(Nc2nnc(-c3ccccc3)s2)cc1.